The van der Waals surface area contributed by atoms with Crippen LogP contribution in [0.15, 0.2) is 35.9 Å². The van der Waals surface area contributed by atoms with Crippen molar-refractivity contribution in [3.8, 4) is 5.75 Å². The van der Waals surface area contributed by atoms with Crippen molar-refractivity contribution in [1.29, 1.82) is 0 Å². The maximum absolute atomic E-state index is 12.2. The fraction of sp³-hybridized carbons (Fsp3) is 0.471. The summed E-state index contributed by atoms with van der Waals surface area (Å²) < 4.78 is 5.73. The van der Waals surface area contributed by atoms with Crippen LogP contribution in [0.5, 0.6) is 5.75 Å². The molecule has 0 saturated heterocycles. The van der Waals surface area contributed by atoms with Crippen molar-refractivity contribution >= 4 is 17.5 Å². The van der Waals surface area contributed by atoms with Gasteiger partial charge in [-0.15, -0.1) is 0 Å². The van der Waals surface area contributed by atoms with E-state index in [4.69, 9.17) is 16.3 Å². The number of carbonyl (C=O) groups is 1. The van der Waals surface area contributed by atoms with Crippen molar-refractivity contribution in [3.05, 3.63) is 40.9 Å². The quantitative estimate of drug-likeness (QED) is 0.803. The van der Waals surface area contributed by atoms with Crippen LogP contribution in [-0.2, 0) is 4.79 Å². The summed E-state index contributed by atoms with van der Waals surface area (Å²) in [6, 6.07) is 7.08. The molecule has 2 rings (SSSR count). The van der Waals surface area contributed by atoms with E-state index in [0.717, 1.165) is 12.8 Å². The van der Waals surface area contributed by atoms with Crippen molar-refractivity contribution < 1.29 is 9.53 Å². The van der Waals surface area contributed by atoms with Crippen molar-refractivity contribution in [2.45, 2.75) is 45.1 Å². The molecule has 1 N–H and O–H groups in total. The minimum absolute atomic E-state index is 0.0566. The van der Waals surface area contributed by atoms with Crippen LogP contribution in [0.3, 0.4) is 0 Å². The molecule has 1 amide bonds. The number of halogens is 1. The molecule has 1 aliphatic rings. The van der Waals surface area contributed by atoms with Gasteiger partial charge in [0.25, 0.3) is 5.91 Å². The zero-order valence-corrected chi connectivity index (χ0v) is 13.2. The highest BCUT2D eigenvalue weighted by atomic mass is 35.5. The van der Waals surface area contributed by atoms with E-state index in [1.165, 1.54) is 18.4 Å². The van der Waals surface area contributed by atoms with Gasteiger partial charge < -0.3 is 10.1 Å². The van der Waals surface area contributed by atoms with E-state index in [2.05, 4.69) is 11.4 Å². The summed E-state index contributed by atoms with van der Waals surface area (Å²) in [6.45, 7) is 2.58. The van der Waals surface area contributed by atoms with E-state index in [9.17, 15) is 4.79 Å². The second-order valence-electron chi connectivity index (χ2n) is 5.29. The molecule has 1 aliphatic carbocycles. The zero-order chi connectivity index (χ0) is 15.1. The summed E-state index contributed by atoms with van der Waals surface area (Å²) in [7, 11) is 0. The van der Waals surface area contributed by atoms with E-state index < -0.39 is 6.10 Å². The summed E-state index contributed by atoms with van der Waals surface area (Å²) in [6.07, 6.45) is 7.11. The van der Waals surface area contributed by atoms with Crippen LogP contribution in [0.4, 0.5) is 0 Å². The first-order valence-corrected chi connectivity index (χ1v) is 7.94. The van der Waals surface area contributed by atoms with Crippen LogP contribution in [0, 0.1) is 0 Å². The maximum atomic E-state index is 12.2. The average Bonchev–Trinajstić information content (AvgIpc) is 2.53. The standard InChI is InChI=1S/C17H22ClNO2/c1-2-16(21-15-10-8-14(18)9-11-15)17(20)19-12-13-6-4-3-5-7-13/h6,8-11,16H,2-5,7,12H2,1H3,(H,19,20). The van der Waals surface area contributed by atoms with Gasteiger partial charge in [0.15, 0.2) is 6.10 Å². The van der Waals surface area contributed by atoms with Gasteiger partial charge in [-0.3, -0.25) is 4.79 Å². The average molecular weight is 308 g/mol. The number of ether oxygens (including phenoxy) is 1. The Morgan fingerprint density at radius 2 is 2.10 bits per heavy atom. The van der Waals surface area contributed by atoms with E-state index in [1.807, 2.05) is 6.92 Å². The predicted octanol–water partition coefficient (Wildman–Crippen LogP) is 4.11. The highest BCUT2D eigenvalue weighted by Crippen LogP contribution is 2.18. The van der Waals surface area contributed by atoms with Crippen LogP contribution in [-0.4, -0.2) is 18.6 Å². The highest BCUT2D eigenvalue weighted by Gasteiger charge is 2.18. The van der Waals surface area contributed by atoms with Crippen LogP contribution in [0.1, 0.15) is 39.0 Å². The van der Waals surface area contributed by atoms with E-state index >= 15 is 0 Å². The first kappa shape index (κ1) is 15.9. The number of nitrogens with one attached hydrogen (secondary N) is 1. The van der Waals surface area contributed by atoms with Crippen LogP contribution in [0.2, 0.25) is 5.02 Å². The fourth-order valence-electron chi connectivity index (χ4n) is 2.38. The van der Waals surface area contributed by atoms with Crippen molar-refractivity contribution in [3.63, 3.8) is 0 Å². The Morgan fingerprint density at radius 1 is 1.33 bits per heavy atom. The molecule has 114 valence electrons. The van der Waals surface area contributed by atoms with Crippen LogP contribution < -0.4 is 10.1 Å². The lowest BCUT2D eigenvalue weighted by molar-refractivity contribution is -0.127. The molecule has 0 heterocycles. The van der Waals surface area contributed by atoms with Gasteiger partial charge in [-0.2, -0.15) is 0 Å². The second kappa shape index (κ2) is 8.08. The normalized spacial score (nSPS) is 16.0. The first-order chi connectivity index (χ1) is 10.2. The topological polar surface area (TPSA) is 38.3 Å². The molecule has 0 saturated carbocycles. The lowest BCUT2D eigenvalue weighted by Gasteiger charge is -2.19. The Hall–Kier alpha value is -1.48. The zero-order valence-electron chi connectivity index (χ0n) is 12.4. The SMILES string of the molecule is CCC(Oc1ccc(Cl)cc1)C(=O)NCC1=CCCCC1. The number of carbonyl (C=O) groups excluding carboxylic acids is 1. The van der Waals surface area contributed by atoms with Crippen molar-refractivity contribution in [2.75, 3.05) is 6.54 Å². The number of rotatable bonds is 6. The molecule has 0 aliphatic heterocycles. The lowest BCUT2D eigenvalue weighted by Crippen LogP contribution is -2.39. The monoisotopic (exact) mass is 307 g/mol. The second-order valence-corrected chi connectivity index (χ2v) is 5.73. The van der Waals surface area contributed by atoms with Gasteiger partial charge in [-0.25, -0.2) is 0 Å². The summed E-state index contributed by atoms with van der Waals surface area (Å²) in [5.41, 5.74) is 1.33. The Balaban J connectivity index is 1.86. The van der Waals surface area contributed by atoms with Crippen molar-refractivity contribution in [1.82, 2.24) is 5.32 Å². The van der Waals surface area contributed by atoms with E-state index in [-0.39, 0.29) is 5.91 Å². The molecular formula is C17H22ClNO2. The summed E-state index contributed by atoms with van der Waals surface area (Å²) in [5, 5.41) is 3.63. The molecule has 1 aromatic carbocycles. The smallest absolute Gasteiger partial charge is 0.261 e. The molecule has 3 nitrogen and oxygen atoms in total. The molecule has 0 aromatic heterocycles. The molecule has 0 radical (unpaired) electrons. The molecular weight excluding hydrogens is 286 g/mol. The minimum atomic E-state index is -0.463. The van der Waals surface area contributed by atoms with Gasteiger partial charge in [0.2, 0.25) is 0 Å². The molecule has 0 spiro atoms. The Kier molecular flexibility index (Phi) is 6.12. The first-order valence-electron chi connectivity index (χ1n) is 7.57. The van der Waals surface area contributed by atoms with Gasteiger partial charge in [-0.1, -0.05) is 30.2 Å². The molecule has 1 atom stereocenters. The fourth-order valence-corrected chi connectivity index (χ4v) is 2.51. The van der Waals surface area contributed by atoms with E-state index in [0.29, 0.717) is 23.7 Å². The Bertz CT molecular complexity index is 496. The van der Waals surface area contributed by atoms with Crippen molar-refractivity contribution in [2.24, 2.45) is 0 Å². The van der Waals surface area contributed by atoms with Crippen LogP contribution in [0.25, 0.3) is 0 Å². The van der Waals surface area contributed by atoms with Gasteiger partial charge in [0, 0.05) is 11.6 Å². The summed E-state index contributed by atoms with van der Waals surface area (Å²) >= 11 is 5.84. The Labute approximate surface area is 131 Å². The summed E-state index contributed by atoms with van der Waals surface area (Å²) in [5.74, 6) is 0.609. The van der Waals surface area contributed by atoms with E-state index in [1.54, 1.807) is 24.3 Å². The third kappa shape index (κ3) is 5.09. The minimum Gasteiger partial charge on any atom is -0.481 e. The number of hydrogen-bond donors (Lipinski definition) is 1. The largest absolute Gasteiger partial charge is 0.481 e. The molecule has 4 heteroatoms. The van der Waals surface area contributed by atoms with Gasteiger partial charge >= 0.3 is 0 Å². The number of hydrogen-bond acceptors (Lipinski definition) is 2. The molecule has 21 heavy (non-hydrogen) atoms. The molecule has 0 fully saturated rings. The number of benzene rings is 1. The highest BCUT2D eigenvalue weighted by molar-refractivity contribution is 6.30. The van der Waals surface area contributed by atoms with Crippen LogP contribution >= 0.6 is 11.6 Å². The summed E-state index contributed by atoms with van der Waals surface area (Å²) in [4.78, 5) is 12.2. The molecule has 0 bridgehead atoms. The molecule has 1 unspecified atom stereocenters. The van der Waals surface area contributed by atoms with Gasteiger partial charge in [0.1, 0.15) is 5.75 Å². The van der Waals surface area contributed by atoms with Gasteiger partial charge in [0.05, 0.1) is 0 Å². The number of allylic oxidation sites excluding steroid dienone is 1. The third-order valence-corrected chi connectivity index (χ3v) is 3.88. The van der Waals surface area contributed by atoms with Gasteiger partial charge in [-0.05, 0) is 56.4 Å². The number of amides is 1. The molecule has 1 aromatic rings. The predicted molar refractivity (Wildman–Crippen MR) is 85.7 cm³/mol. The maximum Gasteiger partial charge on any atom is 0.261 e. The Morgan fingerprint density at radius 3 is 2.71 bits per heavy atom. The third-order valence-electron chi connectivity index (χ3n) is 3.63. The lowest BCUT2D eigenvalue weighted by atomic mass is 10.00.